The van der Waals surface area contributed by atoms with Crippen LogP contribution in [0.25, 0.3) is 0 Å². The number of urea groups is 1. The summed E-state index contributed by atoms with van der Waals surface area (Å²) in [6.45, 7) is 2.99. The second-order valence-electron chi connectivity index (χ2n) is 10.8. The van der Waals surface area contributed by atoms with Crippen LogP contribution in [-0.4, -0.2) is 68.1 Å². The van der Waals surface area contributed by atoms with Crippen molar-refractivity contribution in [3.63, 3.8) is 0 Å². The molecule has 3 aromatic rings. The molecule has 1 unspecified atom stereocenters. The number of benzene rings is 3. The second-order valence-corrected chi connectivity index (χ2v) is 10.8. The lowest BCUT2D eigenvalue weighted by Crippen LogP contribution is -2.56. The van der Waals surface area contributed by atoms with E-state index in [2.05, 4.69) is 15.5 Å². The van der Waals surface area contributed by atoms with E-state index in [-0.39, 0.29) is 37.5 Å². The summed E-state index contributed by atoms with van der Waals surface area (Å²) in [7, 11) is 1.61. The molecule has 3 amide bonds. The number of hydrogen-bond acceptors (Lipinski definition) is 4. The largest absolute Gasteiger partial charge is 0.367 e. The zero-order chi connectivity index (χ0) is 28.9. The molecule has 2 aliphatic heterocycles. The van der Waals surface area contributed by atoms with Crippen molar-refractivity contribution in [3.05, 3.63) is 107 Å². The highest BCUT2D eigenvalue weighted by atomic mass is 35.5. The monoisotopic (exact) mass is 598 g/mol. The third-order valence-corrected chi connectivity index (χ3v) is 8.39. The summed E-state index contributed by atoms with van der Waals surface area (Å²) in [5.41, 5.74) is 0.665. The van der Waals surface area contributed by atoms with Gasteiger partial charge in [0, 0.05) is 38.8 Å². The molecule has 2 saturated heterocycles. The van der Waals surface area contributed by atoms with E-state index in [1.165, 1.54) is 6.07 Å². The van der Waals surface area contributed by atoms with Crippen molar-refractivity contribution in [2.75, 3.05) is 46.4 Å². The maximum absolute atomic E-state index is 14.4. The summed E-state index contributed by atoms with van der Waals surface area (Å²) in [5, 5.41) is 5.85. The summed E-state index contributed by atoms with van der Waals surface area (Å²) in [6.07, 6.45) is 1.90. The number of piperidine rings is 1. The molecule has 0 spiro atoms. The van der Waals surface area contributed by atoms with E-state index in [0.29, 0.717) is 43.5 Å². The van der Waals surface area contributed by atoms with Gasteiger partial charge in [-0.3, -0.25) is 4.79 Å². The number of likely N-dealkylation sites (tertiary alicyclic amines) is 1. The highest BCUT2D eigenvalue weighted by Gasteiger charge is 2.42. The van der Waals surface area contributed by atoms with Crippen molar-refractivity contribution in [2.45, 2.75) is 30.4 Å². The molecule has 0 saturated carbocycles. The van der Waals surface area contributed by atoms with Crippen LogP contribution < -0.4 is 10.6 Å². The highest BCUT2D eigenvalue weighted by molar-refractivity contribution is 5.94. The average Bonchev–Trinajstić information content (AvgIpc) is 3.02. The van der Waals surface area contributed by atoms with E-state index in [0.717, 1.165) is 24.7 Å². The van der Waals surface area contributed by atoms with E-state index in [1.807, 2.05) is 48.5 Å². The zero-order valence-corrected chi connectivity index (χ0v) is 24.5. The first-order chi connectivity index (χ1) is 19.8. The number of morpholine rings is 1. The van der Waals surface area contributed by atoms with E-state index < -0.39 is 22.8 Å². The lowest BCUT2D eigenvalue weighted by atomic mass is 9.80. The van der Waals surface area contributed by atoms with Gasteiger partial charge in [-0.2, -0.15) is 0 Å². The van der Waals surface area contributed by atoms with E-state index in [4.69, 9.17) is 4.74 Å². The predicted molar refractivity (Wildman–Crippen MR) is 160 cm³/mol. The molecule has 0 radical (unpaired) electrons. The van der Waals surface area contributed by atoms with E-state index >= 15 is 0 Å². The van der Waals surface area contributed by atoms with Gasteiger partial charge in [0.1, 0.15) is 5.60 Å². The number of rotatable bonds is 7. The van der Waals surface area contributed by atoms with Gasteiger partial charge >= 0.3 is 6.03 Å². The third kappa shape index (κ3) is 6.75. The smallest absolute Gasteiger partial charge is 0.315 e. The summed E-state index contributed by atoms with van der Waals surface area (Å²) in [4.78, 5) is 29.8. The molecule has 2 aliphatic rings. The Bertz CT molecular complexity index is 1360. The molecule has 10 heteroatoms. The van der Waals surface area contributed by atoms with Crippen LogP contribution in [0.2, 0.25) is 0 Å². The Morgan fingerprint density at radius 3 is 2.19 bits per heavy atom. The Balaban J connectivity index is 0.00000405. The van der Waals surface area contributed by atoms with Crippen LogP contribution in [0.15, 0.2) is 78.9 Å². The Labute approximate surface area is 251 Å². The fraction of sp³-hybridized carbons (Fsp3) is 0.375. The average molecular weight is 599 g/mol. The molecule has 3 aromatic carbocycles. The number of amides is 3. The van der Waals surface area contributed by atoms with E-state index in [9.17, 15) is 18.4 Å². The summed E-state index contributed by atoms with van der Waals surface area (Å²) >= 11 is 0. The van der Waals surface area contributed by atoms with E-state index in [1.54, 1.807) is 30.1 Å². The number of halogens is 3. The van der Waals surface area contributed by atoms with Gasteiger partial charge in [0.05, 0.1) is 18.7 Å². The van der Waals surface area contributed by atoms with Crippen LogP contribution in [0.1, 0.15) is 40.7 Å². The number of nitrogens with one attached hydrogen (secondary N) is 2. The van der Waals surface area contributed by atoms with Crippen LogP contribution in [0.3, 0.4) is 0 Å². The van der Waals surface area contributed by atoms with Gasteiger partial charge in [0.25, 0.3) is 5.91 Å². The van der Waals surface area contributed by atoms with Gasteiger partial charge in [-0.05, 0) is 54.7 Å². The fourth-order valence-electron chi connectivity index (χ4n) is 5.99. The number of nitrogens with zero attached hydrogens (tertiary/aromatic N) is 2. The Morgan fingerprint density at radius 2 is 1.55 bits per heavy atom. The topological polar surface area (TPSA) is 73.9 Å². The Morgan fingerprint density at radius 1 is 0.881 bits per heavy atom. The molecule has 42 heavy (non-hydrogen) atoms. The zero-order valence-electron chi connectivity index (χ0n) is 23.7. The first kappa shape index (κ1) is 31.4. The minimum atomic E-state index is -0.995. The maximum Gasteiger partial charge on any atom is 0.315 e. The molecule has 7 nitrogen and oxygen atoms in total. The number of ether oxygens (including phenoxy) is 1. The summed E-state index contributed by atoms with van der Waals surface area (Å²) < 4.78 is 34.7. The maximum atomic E-state index is 14.4. The Kier molecular flexibility index (Phi) is 10.2. The number of carbonyl (C=O) groups excluding carboxylic acids is 2. The summed E-state index contributed by atoms with van der Waals surface area (Å²) in [6, 6.07) is 22.7. The normalized spacial score (nSPS) is 20.3. The molecule has 2 heterocycles. The predicted octanol–water partition coefficient (Wildman–Crippen LogP) is 5.06. The van der Waals surface area contributed by atoms with Crippen molar-refractivity contribution in [1.82, 2.24) is 20.4 Å². The molecule has 0 bridgehead atoms. The van der Waals surface area contributed by atoms with Crippen LogP contribution in [0.4, 0.5) is 13.6 Å². The van der Waals surface area contributed by atoms with Crippen LogP contribution >= 0.6 is 12.4 Å². The van der Waals surface area contributed by atoms with Gasteiger partial charge in [0.2, 0.25) is 0 Å². The van der Waals surface area contributed by atoms with Crippen LogP contribution in [0, 0.1) is 11.6 Å². The molecule has 0 aliphatic carbocycles. The SMILES string of the molecule is CNC(=O)NC1(c2ccccc2)CCN(CCC2(c3ccc(F)c(F)c3)CN(C(=O)c3ccccc3)CCO2)CC1.Cl. The number of hydrogen-bond donors (Lipinski definition) is 2. The van der Waals surface area contributed by atoms with Crippen molar-refractivity contribution in [2.24, 2.45) is 0 Å². The van der Waals surface area contributed by atoms with Gasteiger partial charge in [0.15, 0.2) is 11.6 Å². The van der Waals surface area contributed by atoms with Gasteiger partial charge in [-0.25, -0.2) is 13.6 Å². The van der Waals surface area contributed by atoms with Crippen molar-refractivity contribution >= 4 is 24.3 Å². The second kappa shape index (κ2) is 13.6. The van der Waals surface area contributed by atoms with Crippen LogP contribution in [-0.2, 0) is 15.9 Å². The Hall–Kier alpha value is -3.53. The first-order valence-corrected chi connectivity index (χ1v) is 14.1. The molecule has 1 atom stereocenters. The third-order valence-electron chi connectivity index (χ3n) is 8.39. The van der Waals surface area contributed by atoms with Gasteiger partial charge in [-0.1, -0.05) is 54.6 Å². The van der Waals surface area contributed by atoms with Gasteiger partial charge in [-0.15, -0.1) is 12.4 Å². The number of carbonyl (C=O) groups is 2. The van der Waals surface area contributed by atoms with Crippen molar-refractivity contribution < 1.29 is 23.1 Å². The van der Waals surface area contributed by atoms with Gasteiger partial charge < -0.3 is 25.2 Å². The first-order valence-electron chi connectivity index (χ1n) is 14.1. The molecular formula is C32H37ClF2N4O3. The molecule has 2 fully saturated rings. The lowest BCUT2D eigenvalue weighted by molar-refractivity contribution is -0.114. The fourth-order valence-corrected chi connectivity index (χ4v) is 5.99. The molecular weight excluding hydrogens is 562 g/mol. The lowest BCUT2D eigenvalue weighted by Gasteiger charge is -2.46. The molecule has 2 N–H and O–H groups in total. The molecule has 224 valence electrons. The highest BCUT2D eigenvalue weighted by Crippen LogP contribution is 2.37. The minimum Gasteiger partial charge on any atom is -0.367 e. The molecule has 0 aromatic heterocycles. The summed E-state index contributed by atoms with van der Waals surface area (Å²) in [5.74, 6) is -1.98. The quantitative estimate of drug-likeness (QED) is 0.399. The van der Waals surface area contributed by atoms with Crippen LogP contribution in [0.5, 0.6) is 0 Å². The standard InChI is InChI=1S/C32H36F2N4O3.ClH/c1-35-30(40)36-31(25-10-6-3-7-11-25)14-17-37(18-15-31)19-16-32(26-12-13-27(33)28(34)22-26)23-38(20-21-41-32)29(39)24-8-4-2-5-9-24;/h2-13,22H,14-21,23H2,1H3,(H2,35,36,40);1H. The van der Waals surface area contributed by atoms with Crippen molar-refractivity contribution in [1.29, 1.82) is 0 Å². The molecule has 5 rings (SSSR count). The minimum absolute atomic E-state index is 0. The van der Waals surface area contributed by atoms with Crippen molar-refractivity contribution in [3.8, 4) is 0 Å².